The molecule has 268 valence electrons. The maximum atomic E-state index is 13.9. The minimum atomic E-state index is -5.22. The van der Waals surface area contributed by atoms with Gasteiger partial charge in [-0.1, -0.05) is 0 Å². The maximum absolute atomic E-state index is 13.9. The number of piperidine rings is 1. The second-order valence-corrected chi connectivity index (χ2v) is 13.0. The number of nitrogen functional groups attached to an aromatic ring is 1. The summed E-state index contributed by atoms with van der Waals surface area (Å²) in [7, 11) is 0. The molecule has 5 heterocycles. The standard InChI is InChI=1S/C32H33F6N7O4S/c33-31(34,35)23-13-19(14-24(27(23)39)32(36,37)38)15-26(28(46)43-11-9-42(10-12-43)21-1-5-40-6-2-21)49-30(48)44-7-3-22(4-8-44)45-16-20-17-50-18-25(20)41-29(45)47/h1-2,5-6,13-14,17-18,22,26H,3-4,7-12,15-16,39H2,(H,41,47)/t26-/m1/s1. The third-order valence-corrected chi connectivity index (χ3v) is 9.95. The van der Waals surface area contributed by atoms with Crippen molar-refractivity contribution in [3.05, 3.63) is 69.7 Å². The molecule has 18 heteroatoms. The minimum absolute atomic E-state index is 0.146. The van der Waals surface area contributed by atoms with Gasteiger partial charge in [0, 0.05) is 80.8 Å². The summed E-state index contributed by atoms with van der Waals surface area (Å²) in [6, 6.07) is 4.03. The smallest absolute Gasteiger partial charge is 0.418 e. The first kappa shape index (κ1) is 35.1. The Labute approximate surface area is 286 Å². The number of halogens is 6. The fraction of sp³-hybridized carbons (Fsp3) is 0.438. The highest BCUT2D eigenvalue weighted by Gasteiger charge is 2.42. The minimum Gasteiger partial charge on any atom is -0.436 e. The van der Waals surface area contributed by atoms with Gasteiger partial charge in [0.15, 0.2) is 6.10 Å². The third-order valence-electron chi connectivity index (χ3n) is 9.16. The first-order valence-corrected chi connectivity index (χ1v) is 16.7. The van der Waals surface area contributed by atoms with Gasteiger partial charge in [-0.3, -0.25) is 9.78 Å². The normalized spacial score (nSPS) is 18.1. The van der Waals surface area contributed by atoms with Gasteiger partial charge in [0.2, 0.25) is 0 Å². The average Bonchev–Trinajstić information content (AvgIpc) is 3.54. The van der Waals surface area contributed by atoms with E-state index in [1.807, 2.05) is 15.7 Å². The number of aromatic nitrogens is 1. The van der Waals surface area contributed by atoms with E-state index in [-0.39, 0.29) is 38.3 Å². The van der Waals surface area contributed by atoms with Crippen LogP contribution in [0.25, 0.3) is 0 Å². The molecule has 6 rings (SSSR count). The number of hydrogen-bond acceptors (Lipinski definition) is 8. The molecule has 2 fully saturated rings. The number of pyridine rings is 1. The molecule has 0 spiro atoms. The molecule has 3 N–H and O–H groups in total. The van der Waals surface area contributed by atoms with Crippen molar-refractivity contribution in [2.45, 2.75) is 50.3 Å². The number of likely N-dealkylation sites (tertiary alicyclic amines) is 1. The highest BCUT2D eigenvalue weighted by molar-refractivity contribution is 7.08. The summed E-state index contributed by atoms with van der Waals surface area (Å²) < 4.78 is 88.5. The number of piperazine rings is 1. The Kier molecular flexibility index (Phi) is 9.74. The molecule has 2 aromatic heterocycles. The number of carbonyl (C=O) groups is 3. The van der Waals surface area contributed by atoms with Gasteiger partial charge in [-0.05, 0) is 48.1 Å². The van der Waals surface area contributed by atoms with E-state index >= 15 is 0 Å². The zero-order valence-electron chi connectivity index (χ0n) is 26.5. The van der Waals surface area contributed by atoms with Crippen LogP contribution in [0.2, 0.25) is 0 Å². The fourth-order valence-electron chi connectivity index (χ4n) is 6.49. The number of anilines is 3. The Hall–Kier alpha value is -4.74. The summed E-state index contributed by atoms with van der Waals surface area (Å²) in [6.45, 7) is 1.77. The third kappa shape index (κ3) is 7.53. The number of thiophene rings is 1. The number of benzene rings is 1. The lowest BCUT2D eigenvalue weighted by molar-refractivity contribution is -0.141. The Morgan fingerprint density at radius 2 is 1.56 bits per heavy atom. The number of fused-ring (bicyclic) bond motifs is 1. The van der Waals surface area contributed by atoms with E-state index in [0.717, 1.165) is 16.9 Å². The topological polar surface area (TPSA) is 124 Å². The number of ether oxygens (including phenoxy) is 1. The Morgan fingerprint density at radius 3 is 2.16 bits per heavy atom. The largest absolute Gasteiger partial charge is 0.436 e. The van der Waals surface area contributed by atoms with Crippen LogP contribution >= 0.6 is 11.3 Å². The quantitative estimate of drug-likeness (QED) is 0.248. The predicted molar refractivity (Wildman–Crippen MR) is 171 cm³/mol. The molecule has 0 bridgehead atoms. The van der Waals surface area contributed by atoms with Crippen LogP contribution in [0.1, 0.15) is 35.1 Å². The molecule has 0 saturated carbocycles. The number of rotatable bonds is 6. The van der Waals surface area contributed by atoms with E-state index in [9.17, 15) is 40.7 Å². The summed E-state index contributed by atoms with van der Waals surface area (Å²) in [4.78, 5) is 50.4. The van der Waals surface area contributed by atoms with E-state index in [0.29, 0.717) is 44.6 Å². The van der Waals surface area contributed by atoms with Crippen LogP contribution in [0, 0.1) is 0 Å². The van der Waals surface area contributed by atoms with Gasteiger partial charge in [-0.15, -0.1) is 11.3 Å². The number of urea groups is 1. The van der Waals surface area contributed by atoms with E-state index in [2.05, 4.69) is 10.3 Å². The molecular weight excluding hydrogens is 692 g/mol. The number of nitrogens with one attached hydrogen (secondary N) is 1. The molecule has 0 aliphatic carbocycles. The number of carbonyl (C=O) groups excluding carboxylic acids is 3. The van der Waals surface area contributed by atoms with E-state index in [1.54, 1.807) is 29.4 Å². The molecule has 3 aromatic rings. The molecule has 0 radical (unpaired) electrons. The van der Waals surface area contributed by atoms with Crippen molar-refractivity contribution in [3.8, 4) is 0 Å². The number of amides is 4. The van der Waals surface area contributed by atoms with Gasteiger partial charge < -0.3 is 35.4 Å². The first-order chi connectivity index (χ1) is 23.7. The Balaban J connectivity index is 1.19. The van der Waals surface area contributed by atoms with Crippen LogP contribution in [0.4, 0.5) is 53.0 Å². The number of nitrogens with two attached hydrogens (primary N) is 1. The SMILES string of the molecule is Nc1c(C(F)(F)F)cc(C[C@@H](OC(=O)N2CCC(N3Cc4cscc4NC3=O)CC2)C(=O)N2CCN(c3ccncc3)CC2)cc1C(F)(F)F. The van der Waals surface area contributed by atoms with Crippen LogP contribution in [0.5, 0.6) is 0 Å². The number of alkyl halides is 6. The van der Waals surface area contributed by atoms with Crippen molar-refractivity contribution >= 4 is 46.4 Å². The van der Waals surface area contributed by atoms with Gasteiger partial charge in [0.05, 0.1) is 29.0 Å². The van der Waals surface area contributed by atoms with Crippen LogP contribution in [0.15, 0.2) is 47.4 Å². The first-order valence-electron chi connectivity index (χ1n) is 15.8. The summed E-state index contributed by atoms with van der Waals surface area (Å²) >= 11 is 1.47. The highest BCUT2D eigenvalue weighted by atomic mass is 32.1. The summed E-state index contributed by atoms with van der Waals surface area (Å²) in [5.41, 5.74) is 2.50. The fourth-order valence-corrected chi connectivity index (χ4v) is 7.27. The van der Waals surface area contributed by atoms with Gasteiger partial charge >= 0.3 is 24.5 Å². The second-order valence-electron chi connectivity index (χ2n) is 12.3. The van der Waals surface area contributed by atoms with Crippen molar-refractivity contribution in [2.24, 2.45) is 0 Å². The van der Waals surface area contributed by atoms with Crippen LogP contribution in [0.3, 0.4) is 0 Å². The monoisotopic (exact) mass is 725 g/mol. The number of nitrogens with zero attached hydrogens (tertiary/aromatic N) is 5. The predicted octanol–water partition coefficient (Wildman–Crippen LogP) is 5.67. The lowest BCUT2D eigenvalue weighted by Crippen LogP contribution is -2.54. The molecule has 50 heavy (non-hydrogen) atoms. The molecule has 11 nitrogen and oxygen atoms in total. The zero-order chi connectivity index (χ0) is 35.8. The van der Waals surface area contributed by atoms with E-state index in [1.165, 1.54) is 21.1 Å². The molecule has 1 atom stereocenters. The highest BCUT2D eigenvalue weighted by Crippen LogP contribution is 2.42. The van der Waals surface area contributed by atoms with Crippen LogP contribution < -0.4 is 16.0 Å². The second kappa shape index (κ2) is 13.9. The van der Waals surface area contributed by atoms with Crippen molar-refractivity contribution < 1.29 is 45.5 Å². The molecule has 3 aliphatic heterocycles. The lowest BCUT2D eigenvalue weighted by Gasteiger charge is -2.40. The summed E-state index contributed by atoms with van der Waals surface area (Å²) in [5, 5.41) is 6.64. The molecule has 2 saturated heterocycles. The molecule has 3 aliphatic rings. The summed E-state index contributed by atoms with van der Waals surface area (Å²) in [5.74, 6) is -0.752. The van der Waals surface area contributed by atoms with E-state index < -0.39 is 59.3 Å². The molecular formula is C32H33F6N7O4S. The van der Waals surface area contributed by atoms with Gasteiger partial charge in [0.25, 0.3) is 5.91 Å². The van der Waals surface area contributed by atoms with E-state index in [4.69, 9.17) is 10.5 Å². The van der Waals surface area contributed by atoms with Gasteiger partial charge in [0.1, 0.15) is 0 Å². The van der Waals surface area contributed by atoms with Gasteiger partial charge in [-0.25, -0.2) is 9.59 Å². The lowest BCUT2D eigenvalue weighted by atomic mass is 9.97. The zero-order valence-corrected chi connectivity index (χ0v) is 27.3. The van der Waals surface area contributed by atoms with Crippen molar-refractivity contribution in [1.29, 1.82) is 0 Å². The van der Waals surface area contributed by atoms with Gasteiger partial charge in [-0.2, -0.15) is 26.3 Å². The average molecular weight is 726 g/mol. The van der Waals surface area contributed by atoms with Crippen LogP contribution in [-0.2, 0) is 34.8 Å². The van der Waals surface area contributed by atoms with Crippen molar-refractivity contribution in [3.63, 3.8) is 0 Å². The van der Waals surface area contributed by atoms with Crippen molar-refractivity contribution in [2.75, 3.05) is 55.2 Å². The molecule has 1 aromatic carbocycles. The molecule has 4 amide bonds. The Bertz CT molecular complexity index is 1690. The maximum Gasteiger partial charge on any atom is 0.418 e. The van der Waals surface area contributed by atoms with Crippen LogP contribution in [-0.4, -0.2) is 89.1 Å². The Morgan fingerprint density at radius 1 is 0.940 bits per heavy atom. The number of hydrogen-bond donors (Lipinski definition) is 2. The van der Waals surface area contributed by atoms with Crippen molar-refractivity contribution in [1.82, 2.24) is 19.7 Å². The summed E-state index contributed by atoms with van der Waals surface area (Å²) in [6.07, 6.45) is -9.87. The molecule has 0 unspecified atom stereocenters.